The van der Waals surface area contributed by atoms with Crippen LogP contribution in [0.5, 0.6) is 0 Å². The number of nitrogens with zero attached hydrogens (tertiary/aromatic N) is 7. The quantitative estimate of drug-likeness (QED) is 0.202. The van der Waals surface area contributed by atoms with Gasteiger partial charge in [0.2, 0.25) is 0 Å². The Morgan fingerprint density at radius 1 is 1.07 bits per heavy atom. The zero-order valence-corrected chi connectivity index (χ0v) is 25.6. The van der Waals surface area contributed by atoms with Crippen LogP contribution in [0.1, 0.15) is 86.3 Å². The summed E-state index contributed by atoms with van der Waals surface area (Å²) in [6, 6.07) is 13.0. The molecule has 1 atom stereocenters. The van der Waals surface area contributed by atoms with Crippen LogP contribution in [0.4, 0.5) is 8.78 Å². The molecule has 234 valence electrons. The molecule has 5 heterocycles. The Bertz CT molecular complexity index is 2060. The monoisotopic (exact) mass is 620 g/mol. The van der Waals surface area contributed by atoms with Crippen LogP contribution in [0.15, 0.2) is 53.7 Å². The van der Waals surface area contributed by atoms with E-state index in [1.165, 1.54) is 12.8 Å². The molecule has 5 aromatic rings. The van der Waals surface area contributed by atoms with Gasteiger partial charge in [-0.1, -0.05) is 13.0 Å². The minimum atomic E-state index is -2.85. The molecule has 0 amide bonds. The Hall–Kier alpha value is -4.69. The summed E-state index contributed by atoms with van der Waals surface area (Å²) in [6.07, 6.45) is 9.53. The van der Waals surface area contributed by atoms with Crippen LogP contribution >= 0.6 is 0 Å². The molecule has 4 aromatic heterocycles. The van der Waals surface area contributed by atoms with Crippen molar-refractivity contribution in [3.8, 4) is 34.4 Å². The third-order valence-electron chi connectivity index (χ3n) is 9.60. The average molecular weight is 621 g/mol. The third kappa shape index (κ3) is 5.30. The SMILES string of the molecule is C[C@H]1CCCN(Cc2cc3c(C4CC4)cn(-c4cc(-c5ccc(C#N)cc5-c5nncn5C(F)F)cc(C5CC5)n4)c(=O)c3[nH]2)C1. The summed E-state index contributed by atoms with van der Waals surface area (Å²) in [6.45, 7) is 2.34. The van der Waals surface area contributed by atoms with Crippen LogP contribution in [-0.4, -0.2) is 47.3 Å². The number of piperidine rings is 1. The van der Waals surface area contributed by atoms with E-state index in [0.29, 0.717) is 50.0 Å². The molecule has 1 aliphatic heterocycles. The first-order chi connectivity index (χ1) is 22.4. The largest absolute Gasteiger partial charge is 0.353 e. The van der Waals surface area contributed by atoms with Crippen LogP contribution in [0.2, 0.25) is 0 Å². The standard InChI is InChI=1S/C35H34F2N8O/c1-20-3-2-10-43(16-20)17-25-14-27-29(22-5-6-22)18-44(34(46)32(27)40-25)31-13-24(12-30(41-31)23-7-8-23)26-9-4-21(15-38)11-28(26)33-42-39-19-45(33)35(36)37/h4,9,11-14,18-20,22-23,35,40H,2-3,5-8,10,16-17H2,1H3/t20-/m0/s1. The first-order valence-corrected chi connectivity index (χ1v) is 16.1. The number of nitriles is 1. The molecule has 8 rings (SSSR count). The van der Waals surface area contributed by atoms with Gasteiger partial charge in [0.15, 0.2) is 5.82 Å². The molecule has 1 aromatic carbocycles. The van der Waals surface area contributed by atoms with E-state index in [2.05, 4.69) is 39.1 Å². The maximum absolute atomic E-state index is 14.2. The highest BCUT2D eigenvalue weighted by Gasteiger charge is 2.30. The Labute approximate surface area is 264 Å². The molecule has 1 saturated heterocycles. The summed E-state index contributed by atoms with van der Waals surface area (Å²) in [5.41, 5.74) is 5.46. The van der Waals surface area contributed by atoms with Gasteiger partial charge in [0.25, 0.3) is 5.56 Å². The normalized spacial score (nSPS) is 18.8. The van der Waals surface area contributed by atoms with Crippen molar-refractivity contribution in [2.45, 2.75) is 70.4 Å². The molecule has 0 bridgehead atoms. The number of pyridine rings is 2. The van der Waals surface area contributed by atoms with Crippen molar-refractivity contribution in [3.63, 3.8) is 0 Å². The van der Waals surface area contributed by atoms with E-state index >= 15 is 0 Å². The number of hydrogen-bond donors (Lipinski definition) is 1. The third-order valence-corrected chi connectivity index (χ3v) is 9.60. The van der Waals surface area contributed by atoms with Gasteiger partial charge in [-0.2, -0.15) is 14.0 Å². The fraction of sp³-hybridized carbons (Fsp3) is 0.400. The minimum Gasteiger partial charge on any atom is -0.353 e. The lowest BCUT2D eigenvalue weighted by atomic mass is 9.96. The fourth-order valence-electron chi connectivity index (χ4n) is 6.97. The van der Waals surface area contributed by atoms with Gasteiger partial charge in [0.05, 0.1) is 11.6 Å². The highest BCUT2D eigenvalue weighted by atomic mass is 19.3. The van der Waals surface area contributed by atoms with E-state index in [1.54, 1.807) is 22.8 Å². The van der Waals surface area contributed by atoms with Crippen molar-refractivity contribution < 1.29 is 8.78 Å². The van der Waals surface area contributed by atoms with Gasteiger partial charge in [-0.15, -0.1) is 10.2 Å². The number of likely N-dealkylation sites (tertiary alicyclic amines) is 1. The summed E-state index contributed by atoms with van der Waals surface area (Å²) >= 11 is 0. The number of benzene rings is 1. The summed E-state index contributed by atoms with van der Waals surface area (Å²) in [5.74, 6) is 1.77. The summed E-state index contributed by atoms with van der Waals surface area (Å²) in [4.78, 5) is 25.2. The zero-order valence-electron chi connectivity index (χ0n) is 25.6. The van der Waals surface area contributed by atoms with Gasteiger partial charge in [-0.25, -0.2) is 4.98 Å². The maximum Gasteiger partial charge on any atom is 0.321 e. The predicted molar refractivity (Wildman–Crippen MR) is 170 cm³/mol. The minimum absolute atomic E-state index is 0.0370. The van der Waals surface area contributed by atoms with Gasteiger partial charge >= 0.3 is 6.55 Å². The molecule has 3 fully saturated rings. The number of aromatic nitrogens is 6. The van der Waals surface area contributed by atoms with Crippen LogP contribution < -0.4 is 5.56 Å². The number of aromatic amines is 1. The molecule has 46 heavy (non-hydrogen) atoms. The van der Waals surface area contributed by atoms with E-state index in [4.69, 9.17) is 4.98 Å². The number of fused-ring (bicyclic) bond motifs is 1. The smallest absolute Gasteiger partial charge is 0.321 e. The van der Waals surface area contributed by atoms with Crippen LogP contribution in [0.25, 0.3) is 39.2 Å². The Morgan fingerprint density at radius 3 is 2.63 bits per heavy atom. The van der Waals surface area contributed by atoms with E-state index in [1.807, 2.05) is 18.3 Å². The molecule has 3 aliphatic rings. The molecule has 2 aliphatic carbocycles. The zero-order chi connectivity index (χ0) is 31.5. The van der Waals surface area contributed by atoms with Gasteiger partial charge in [-0.05, 0) is 104 Å². The molecule has 0 spiro atoms. The molecule has 1 N–H and O–H groups in total. The highest BCUT2D eigenvalue weighted by molar-refractivity contribution is 5.85. The van der Waals surface area contributed by atoms with Crippen LogP contribution in [0, 0.1) is 17.2 Å². The number of rotatable bonds is 8. The average Bonchev–Trinajstić information content (AvgIpc) is 3.99. The van der Waals surface area contributed by atoms with Crippen molar-refractivity contribution >= 4 is 10.9 Å². The van der Waals surface area contributed by atoms with Crippen molar-refractivity contribution in [1.82, 2.24) is 34.2 Å². The lowest BCUT2D eigenvalue weighted by molar-refractivity contribution is 0.0716. The lowest BCUT2D eigenvalue weighted by Crippen LogP contribution is -2.33. The summed E-state index contributed by atoms with van der Waals surface area (Å²) in [7, 11) is 0. The van der Waals surface area contributed by atoms with Crippen molar-refractivity contribution in [1.29, 1.82) is 5.26 Å². The summed E-state index contributed by atoms with van der Waals surface area (Å²) < 4.78 is 30.2. The molecule has 9 nitrogen and oxygen atoms in total. The van der Waals surface area contributed by atoms with E-state index in [9.17, 15) is 18.8 Å². The Balaban J connectivity index is 1.27. The van der Waals surface area contributed by atoms with E-state index in [0.717, 1.165) is 74.0 Å². The fourth-order valence-corrected chi connectivity index (χ4v) is 6.97. The molecular weight excluding hydrogens is 586 g/mol. The Morgan fingerprint density at radius 2 is 1.89 bits per heavy atom. The second-order valence-corrected chi connectivity index (χ2v) is 13.2. The number of alkyl halides is 2. The van der Waals surface area contributed by atoms with Crippen LogP contribution in [0.3, 0.4) is 0 Å². The van der Waals surface area contributed by atoms with Crippen molar-refractivity contribution in [2.24, 2.45) is 5.92 Å². The summed E-state index contributed by atoms with van der Waals surface area (Å²) in [5, 5.41) is 18.3. The molecule has 2 saturated carbocycles. The first kappa shape index (κ1) is 28.8. The van der Waals surface area contributed by atoms with Gasteiger partial charge in [-0.3, -0.25) is 18.8 Å². The van der Waals surface area contributed by atoms with Gasteiger partial charge in [0, 0.05) is 47.5 Å². The van der Waals surface area contributed by atoms with Gasteiger partial charge in [0.1, 0.15) is 17.7 Å². The molecule has 0 radical (unpaired) electrons. The predicted octanol–water partition coefficient (Wildman–Crippen LogP) is 6.89. The molecule has 11 heteroatoms. The van der Waals surface area contributed by atoms with Crippen molar-refractivity contribution in [3.05, 3.63) is 81.8 Å². The number of halogens is 2. The molecular formula is C35H34F2N8O. The van der Waals surface area contributed by atoms with Gasteiger partial charge < -0.3 is 4.98 Å². The molecule has 0 unspecified atom stereocenters. The van der Waals surface area contributed by atoms with E-state index < -0.39 is 6.55 Å². The lowest BCUT2D eigenvalue weighted by Gasteiger charge is -2.30. The van der Waals surface area contributed by atoms with Crippen LogP contribution in [-0.2, 0) is 6.54 Å². The number of nitrogens with one attached hydrogen (secondary N) is 1. The van der Waals surface area contributed by atoms with E-state index in [-0.39, 0.29) is 17.3 Å². The number of H-pyrrole nitrogens is 1. The first-order valence-electron chi connectivity index (χ1n) is 16.1. The second kappa shape index (κ2) is 11.3. The Kier molecular flexibility index (Phi) is 7.05. The maximum atomic E-state index is 14.2. The second-order valence-electron chi connectivity index (χ2n) is 13.2. The highest BCUT2D eigenvalue weighted by Crippen LogP contribution is 2.44. The number of hydrogen-bond acceptors (Lipinski definition) is 6. The topological polar surface area (TPSA) is 108 Å². The van der Waals surface area contributed by atoms with Crippen molar-refractivity contribution in [2.75, 3.05) is 13.1 Å².